The number of carbonyl (C=O) groups excluding carboxylic acids is 1. The van der Waals surface area contributed by atoms with E-state index in [-0.39, 0.29) is 5.97 Å². The third-order valence-corrected chi connectivity index (χ3v) is 2.39. The van der Waals surface area contributed by atoms with Crippen molar-refractivity contribution in [3.05, 3.63) is 35.9 Å². The lowest BCUT2D eigenvalue weighted by Crippen LogP contribution is -2.30. The van der Waals surface area contributed by atoms with Gasteiger partial charge in [-0.1, -0.05) is 49.6 Å². The Morgan fingerprint density at radius 1 is 1.44 bits per heavy atom. The van der Waals surface area contributed by atoms with E-state index in [0.29, 0.717) is 6.42 Å². The zero-order chi connectivity index (χ0) is 12.0. The molecule has 0 fully saturated rings. The Balaban J connectivity index is 3.13. The molecule has 84 valence electrons. The summed E-state index contributed by atoms with van der Waals surface area (Å²) < 4.78 is 5.34. The molecule has 0 N–H and O–H groups in total. The highest BCUT2D eigenvalue weighted by Crippen LogP contribution is 2.30. The largest absolute Gasteiger partial charge is 0.442 e. The molecule has 1 atom stereocenters. The normalized spacial score (nSPS) is 13.6. The van der Waals surface area contributed by atoms with Crippen molar-refractivity contribution >= 4 is 5.97 Å². The van der Waals surface area contributed by atoms with Crippen molar-refractivity contribution in [3.63, 3.8) is 0 Å². The van der Waals surface area contributed by atoms with Gasteiger partial charge in [0.15, 0.2) is 5.60 Å². The van der Waals surface area contributed by atoms with Gasteiger partial charge in [0.05, 0.1) is 0 Å². The third kappa shape index (κ3) is 2.64. The Kier molecular flexibility index (Phi) is 4.13. The van der Waals surface area contributed by atoms with Crippen molar-refractivity contribution in [1.82, 2.24) is 0 Å². The minimum absolute atomic E-state index is 0.352. The Bertz CT molecular complexity index is 389. The molecule has 0 aliphatic carbocycles. The topological polar surface area (TPSA) is 26.3 Å². The zero-order valence-corrected chi connectivity index (χ0v) is 9.69. The van der Waals surface area contributed by atoms with Crippen molar-refractivity contribution in [2.24, 2.45) is 0 Å². The van der Waals surface area contributed by atoms with Crippen LogP contribution < -0.4 is 0 Å². The second-order valence-electron chi connectivity index (χ2n) is 3.68. The molecule has 2 nitrogen and oxygen atoms in total. The summed E-state index contributed by atoms with van der Waals surface area (Å²) in [6.45, 7) is 3.39. The van der Waals surface area contributed by atoms with Gasteiger partial charge in [0.1, 0.15) is 0 Å². The molecule has 0 aliphatic heterocycles. The van der Waals surface area contributed by atoms with Crippen molar-refractivity contribution in [2.45, 2.75) is 32.3 Å². The fraction of sp³-hybridized carbons (Fsp3) is 0.357. The van der Waals surface area contributed by atoms with Crippen LogP contribution in [0.15, 0.2) is 30.3 Å². The van der Waals surface area contributed by atoms with Crippen LogP contribution in [-0.2, 0) is 15.1 Å². The van der Waals surface area contributed by atoms with E-state index in [4.69, 9.17) is 11.2 Å². The van der Waals surface area contributed by atoms with E-state index >= 15 is 0 Å². The molecule has 0 amide bonds. The predicted molar refractivity (Wildman–Crippen MR) is 63.6 cm³/mol. The summed E-state index contributed by atoms with van der Waals surface area (Å²) in [6, 6.07) is 9.46. The standard InChI is InChI=1S/C14H16O2/c1-4-11-14(5-2,16-12(3)15)13-9-7-6-8-10-13/h2,6-10H,4,11H2,1,3H3. The van der Waals surface area contributed by atoms with E-state index in [0.717, 1.165) is 12.0 Å². The van der Waals surface area contributed by atoms with Crippen molar-refractivity contribution < 1.29 is 9.53 Å². The fourth-order valence-corrected chi connectivity index (χ4v) is 1.74. The third-order valence-electron chi connectivity index (χ3n) is 2.39. The first-order valence-corrected chi connectivity index (χ1v) is 5.37. The summed E-state index contributed by atoms with van der Waals surface area (Å²) >= 11 is 0. The average molecular weight is 216 g/mol. The molecule has 1 aromatic rings. The minimum Gasteiger partial charge on any atom is -0.442 e. The minimum atomic E-state index is -0.915. The molecule has 0 saturated carbocycles. The maximum absolute atomic E-state index is 11.1. The van der Waals surface area contributed by atoms with Gasteiger partial charge in [-0.3, -0.25) is 4.79 Å². The van der Waals surface area contributed by atoms with Crippen LogP contribution in [0.3, 0.4) is 0 Å². The van der Waals surface area contributed by atoms with Crippen molar-refractivity contribution in [3.8, 4) is 12.3 Å². The van der Waals surface area contributed by atoms with E-state index in [9.17, 15) is 4.79 Å². The Morgan fingerprint density at radius 2 is 2.06 bits per heavy atom. The average Bonchev–Trinajstić information content (AvgIpc) is 2.29. The van der Waals surface area contributed by atoms with E-state index in [2.05, 4.69) is 5.92 Å². The summed E-state index contributed by atoms with van der Waals surface area (Å²) in [5, 5.41) is 0. The van der Waals surface area contributed by atoms with Crippen LogP contribution in [0.1, 0.15) is 32.3 Å². The van der Waals surface area contributed by atoms with Gasteiger partial charge >= 0.3 is 5.97 Å². The number of carbonyl (C=O) groups is 1. The van der Waals surface area contributed by atoms with Gasteiger partial charge in [0.2, 0.25) is 0 Å². The van der Waals surface area contributed by atoms with Crippen LogP contribution in [-0.4, -0.2) is 5.97 Å². The summed E-state index contributed by atoms with van der Waals surface area (Å²) in [6.07, 6.45) is 7.03. The van der Waals surface area contributed by atoms with Gasteiger partial charge < -0.3 is 4.74 Å². The lowest BCUT2D eigenvalue weighted by Gasteiger charge is -2.28. The summed E-state index contributed by atoms with van der Waals surface area (Å²) in [5.74, 6) is 2.27. The second kappa shape index (κ2) is 5.37. The van der Waals surface area contributed by atoms with Crippen LogP contribution >= 0.6 is 0 Å². The number of benzene rings is 1. The zero-order valence-electron chi connectivity index (χ0n) is 9.69. The number of ether oxygens (including phenoxy) is 1. The molecule has 1 rings (SSSR count). The molecule has 0 radical (unpaired) electrons. The highest BCUT2D eigenvalue weighted by atomic mass is 16.6. The van der Waals surface area contributed by atoms with Gasteiger partial charge in [-0.05, 0) is 0 Å². The van der Waals surface area contributed by atoms with E-state index in [1.807, 2.05) is 37.3 Å². The summed E-state index contributed by atoms with van der Waals surface area (Å²) in [4.78, 5) is 11.1. The maximum Gasteiger partial charge on any atom is 0.304 e. The summed E-state index contributed by atoms with van der Waals surface area (Å²) in [7, 11) is 0. The molecular weight excluding hydrogens is 200 g/mol. The number of terminal acetylenes is 1. The number of hydrogen-bond donors (Lipinski definition) is 0. The van der Waals surface area contributed by atoms with Crippen LogP contribution in [0.25, 0.3) is 0 Å². The SMILES string of the molecule is C#CC(CCC)(OC(C)=O)c1ccccc1. The molecule has 2 heteroatoms. The van der Waals surface area contributed by atoms with Gasteiger partial charge in [0, 0.05) is 18.9 Å². The molecular formula is C14H16O2. The lowest BCUT2D eigenvalue weighted by atomic mass is 9.90. The molecule has 0 spiro atoms. The van der Waals surface area contributed by atoms with Crippen molar-refractivity contribution in [2.75, 3.05) is 0 Å². The monoisotopic (exact) mass is 216 g/mol. The molecule has 0 saturated heterocycles. The molecule has 0 aliphatic rings. The fourth-order valence-electron chi connectivity index (χ4n) is 1.74. The first-order valence-electron chi connectivity index (χ1n) is 5.37. The predicted octanol–water partition coefficient (Wildman–Crippen LogP) is 2.88. The van der Waals surface area contributed by atoms with Crippen LogP contribution in [0.2, 0.25) is 0 Å². The van der Waals surface area contributed by atoms with E-state index in [1.165, 1.54) is 6.92 Å². The van der Waals surface area contributed by atoms with Gasteiger partial charge in [-0.25, -0.2) is 0 Å². The van der Waals surface area contributed by atoms with E-state index in [1.54, 1.807) is 0 Å². The summed E-state index contributed by atoms with van der Waals surface area (Å²) in [5.41, 5.74) is -0.0588. The molecule has 1 aromatic carbocycles. The van der Waals surface area contributed by atoms with Crippen LogP contribution in [0, 0.1) is 12.3 Å². The highest BCUT2D eigenvalue weighted by molar-refractivity contribution is 5.67. The molecule has 1 unspecified atom stereocenters. The smallest absolute Gasteiger partial charge is 0.304 e. The van der Waals surface area contributed by atoms with Gasteiger partial charge in [-0.2, -0.15) is 0 Å². The van der Waals surface area contributed by atoms with Gasteiger partial charge in [0.25, 0.3) is 0 Å². The first kappa shape index (κ1) is 12.3. The lowest BCUT2D eigenvalue weighted by molar-refractivity contribution is -0.153. The van der Waals surface area contributed by atoms with Crippen LogP contribution in [0.5, 0.6) is 0 Å². The second-order valence-corrected chi connectivity index (χ2v) is 3.68. The first-order chi connectivity index (χ1) is 7.64. The molecule has 0 aromatic heterocycles. The Labute approximate surface area is 96.6 Å². The number of rotatable bonds is 4. The quantitative estimate of drug-likeness (QED) is 0.571. The Morgan fingerprint density at radius 3 is 2.50 bits per heavy atom. The number of hydrogen-bond acceptors (Lipinski definition) is 2. The number of esters is 1. The molecule has 0 heterocycles. The van der Waals surface area contributed by atoms with E-state index < -0.39 is 5.60 Å². The van der Waals surface area contributed by atoms with Crippen molar-refractivity contribution in [1.29, 1.82) is 0 Å². The highest BCUT2D eigenvalue weighted by Gasteiger charge is 2.32. The molecule has 16 heavy (non-hydrogen) atoms. The van der Waals surface area contributed by atoms with Crippen LogP contribution in [0.4, 0.5) is 0 Å². The van der Waals surface area contributed by atoms with Gasteiger partial charge in [-0.15, -0.1) is 6.42 Å². The maximum atomic E-state index is 11.1. The Hall–Kier alpha value is -1.75. The molecule has 0 bridgehead atoms.